The SMILES string of the molecule is CCn1nc2ccc(NC(=O)c3cc(F)cc(C(F)(F)F)c3)c3c2c1C(=O)NC3c1cc(F)ccc1Cl. The largest absolute Gasteiger partial charge is 0.416 e. The van der Waals surface area contributed by atoms with E-state index in [2.05, 4.69) is 15.7 Å². The van der Waals surface area contributed by atoms with Crippen LogP contribution in [0.15, 0.2) is 48.5 Å². The molecule has 2 heterocycles. The Kier molecular flexibility index (Phi) is 5.90. The van der Waals surface area contributed by atoms with Gasteiger partial charge in [-0.1, -0.05) is 11.6 Å². The summed E-state index contributed by atoms with van der Waals surface area (Å²) in [5.41, 5.74) is -0.697. The van der Waals surface area contributed by atoms with Gasteiger partial charge in [0.25, 0.3) is 11.8 Å². The van der Waals surface area contributed by atoms with E-state index in [1.165, 1.54) is 22.9 Å². The minimum absolute atomic E-state index is 0.0950. The van der Waals surface area contributed by atoms with Crippen LogP contribution in [0.4, 0.5) is 27.6 Å². The van der Waals surface area contributed by atoms with Crippen LogP contribution in [0, 0.1) is 11.6 Å². The second kappa shape index (κ2) is 8.84. The van der Waals surface area contributed by atoms with E-state index in [0.717, 1.165) is 12.1 Å². The van der Waals surface area contributed by atoms with Crippen molar-refractivity contribution in [1.82, 2.24) is 15.1 Å². The molecular formula is C25H16ClF5N4O2. The van der Waals surface area contributed by atoms with Crippen LogP contribution < -0.4 is 10.6 Å². The third-order valence-electron chi connectivity index (χ3n) is 6.03. The fourth-order valence-corrected chi connectivity index (χ4v) is 4.66. The predicted octanol–water partition coefficient (Wildman–Crippen LogP) is 6.09. The number of carbonyl (C=O) groups is 2. The van der Waals surface area contributed by atoms with E-state index < -0.39 is 46.8 Å². The molecule has 0 fully saturated rings. The Morgan fingerprint density at radius 2 is 1.86 bits per heavy atom. The van der Waals surface area contributed by atoms with E-state index in [1.54, 1.807) is 6.92 Å². The summed E-state index contributed by atoms with van der Waals surface area (Å²) in [6.45, 7) is 2.11. The van der Waals surface area contributed by atoms with Gasteiger partial charge in [-0.25, -0.2) is 8.78 Å². The lowest BCUT2D eigenvalue weighted by atomic mass is 9.89. The van der Waals surface area contributed by atoms with Crippen molar-refractivity contribution in [2.24, 2.45) is 0 Å². The van der Waals surface area contributed by atoms with Gasteiger partial charge >= 0.3 is 6.18 Å². The van der Waals surface area contributed by atoms with Crippen LogP contribution in [0.25, 0.3) is 10.9 Å². The summed E-state index contributed by atoms with van der Waals surface area (Å²) >= 11 is 6.33. The molecule has 0 aliphatic carbocycles. The zero-order chi connectivity index (χ0) is 26.6. The number of aromatic nitrogens is 2. The highest BCUT2D eigenvalue weighted by molar-refractivity contribution is 6.31. The lowest BCUT2D eigenvalue weighted by Gasteiger charge is -2.28. The minimum atomic E-state index is -4.87. The number of benzene rings is 3. The molecule has 1 aromatic heterocycles. The molecule has 5 rings (SSSR count). The molecule has 0 saturated carbocycles. The van der Waals surface area contributed by atoms with Crippen molar-refractivity contribution in [3.63, 3.8) is 0 Å². The van der Waals surface area contributed by atoms with Gasteiger partial charge in [-0.3, -0.25) is 14.3 Å². The highest BCUT2D eigenvalue weighted by atomic mass is 35.5. The van der Waals surface area contributed by atoms with E-state index in [1.807, 2.05) is 0 Å². The van der Waals surface area contributed by atoms with E-state index in [4.69, 9.17) is 11.6 Å². The molecule has 3 aromatic carbocycles. The summed E-state index contributed by atoms with van der Waals surface area (Å²) < 4.78 is 69.1. The van der Waals surface area contributed by atoms with E-state index in [9.17, 15) is 31.5 Å². The van der Waals surface area contributed by atoms with Gasteiger partial charge in [-0.2, -0.15) is 18.3 Å². The lowest BCUT2D eigenvalue weighted by molar-refractivity contribution is -0.137. The molecule has 4 aromatic rings. The quantitative estimate of drug-likeness (QED) is 0.311. The fourth-order valence-electron chi connectivity index (χ4n) is 4.44. The summed E-state index contributed by atoms with van der Waals surface area (Å²) in [5, 5.41) is 10.2. The molecule has 2 amide bonds. The van der Waals surface area contributed by atoms with Crippen molar-refractivity contribution in [1.29, 1.82) is 0 Å². The average Bonchev–Trinajstić information content (AvgIpc) is 3.22. The number of nitrogens with one attached hydrogen (secondary N) is 2. The third kappa shape index (κ3) is 4.29. The van der Waals surface area contributed by atoms with Gasteiger partial charge in [-0.05, 0) is 55.5 Å². The first-order chi connectivity index (χ1) is 17.5. The normalized spacial score (nSPS) is 15.1. The van der Waals surface area contributed by atoms with Crippen LogP contribution in [0.1, 0.15) is 50.5 Å². The summed E-state index contributed by atoms with van der Waals surface area (Å²) in [6, 6.07) is 7.03. The summed E-state index contributed by atoms with van der Waals surface area (Å²) in [4.78, 5) is 26.1. The molecule has 6 nitrogen and oxygen atoms in total. The van der Waals surface area contributed by atoms with Crippen molar-refractivity contribution >= 4 is 40.0 Å². The number of hydrogen-bond donors (Lipinski definition) is 2. The van der Waals surface area contributed by atoms with Crippen molar-refractivity contribution in [2.75, 3.05) is 5.32 Å². The summed E-state index contributed by atoms with van der Waals surface area (Å²) in [7, 11) is 0. The maximum absolute atomic E-state index is 14.2. The number of anilines is 1. The molecule has 12 heteroatoms. The fraction of sp³-hybridized carbons (Fsp3) is 0.160. The van der Waals surface area contributed by atoms with Crippen LogP contribution >= 0.6 is 11.6 Å². The molecule has 2 N–H and O–H groups in total. The molecule has 1 unspecified atom stereocenters. The predicted molar refractivity (Wildman–Crippen MR) is 125 cm³/mol. The molecule has 1 aliphatic rings. The third-order valence-corrected chi connectivity index (χ3v) is 6.37. The maximum atomic E-state index is 14.2. The molecule has 0 spiro atoms. The van der Waals surface area contributed by atoms with E-state index >= 15 is 0 Å². The monoisotopic (exact) mass is 534 g/mol. The molecule has 190 valence electrons. The zero-order valence-electron chi connectivity index (χ0n) is 18.9. The number of halogens is 6. The van der Waals surface area contributed by atoms with Crippen LogP contribution in [-0.2, 0) is 12.7 Å². The lowest BCUT2D eigenvalue weighted by Crippen LogP contribution is -2.35. The number of rotatable bonds is 4. The second-order valence-electron chi connectivity index (χ2n) is 8.34. The minimum Gasteiger partial charge on any atom is -0.340 e. The Bertz CT molecular complexity index is 1600. The number of alkyl halides is 3. The first-order valence-electron chi connectivity index (χ1n) is 11.0. The van der Waals surface area contributed by atoms with Crippen LogP contribution in [0.2, 0.25) is 5.02 Å². The smallest absolute Gasteiger partial charge is 0.340 e. The van der Waals surface area contributed by atoms with Gasteiger partial charge in [0.15, 0.2) is 0 Å². The van der Waals surface area contributed by atoms with Crippen LogP contribution in [0.3, 0.4) is 0 Å². The van der Waals surface area contributed by atoms with E-state index in [0.29, 0.717) is 35.1 Å². The van der Waals surface area contributed by atoms with E-state index in [-0.39, 0.29) is 28.0 Å². The molecule has 0 saturated heterocycles. The zero-order valence-corrected chi connectivity index (χ0v) is 19.6. The number of carbonyl (C=O) groups excluding carboxylic acids is 2. The van der Waals surface area contributed by atoms with Crippen molar-refractivity contribution in [3.05, 3.63) is 93.1 Å². The van der Waals surface area contributed by atoms with Crippen LogP contribution in [-0.4, -0.2) is 21.6 Å². The second-order valence-corrected chi connectivity index (χ2v) is 8.75. The molecular weight excluding hydrogens is 519 g/mol. The maximum Gasteiger partial charge on any atom is 0.416 e. The highest BCUT2D eigenvalue weighted by Crippen LogP contribution is 2.42. The molecule has 0 bridgehead atoms. The Balaban J connectivity index is 1.69. The Hall–Kier alpha value is -3.99. The van der Waals surface area contributed by atoms with Gasteiger partial charge in [0.05, 0.1) is 17.1 Å². The Labute approximate surface area is 211 Å². The van der Waals surface area contributed by atoms with Crippen molar-refractivity contribution in [2.45, 2.75) is 25.7 Å². The Morgan fingerprint density at radius 3 is 2.57 bits per heavy atom. The topological polar surface area (TPSA) is 76.0 Å². The molecule has 1 atom stereocenters. The number of hydrogen-bond acceptors (Lipinski definition) is 3. The first-order valence-corrected chi connectivity index (χ1v) is 11.3. The summed E-state index contributed by atoms with van der Waals surface area (Å²) in [5.74, 6) is -3.39. The van der Waals surface area contributed by atoms with Crippen molar-refractivity contribution < 1.29 is 31.5 Å². The van der Waals surface area contributed by atoms with Gasteiger partial charge in [0.1, 0.15) is 17.3 Å². The first kappa shape index (κ1) is 24.7. The molecule has 37 heavy (non-hydrogen) atoms. The number of amides is 2. The van der Waals surface area contributed by atoms with Crippen molar-refractivity contribution in [3.8, 4) is 0 Å². The molecule has 0 radical (unpaired) electrons. The standard InChI is InChI=1S/C25H16ClF5N4O2/c1-2-35-22-20-18(34-35)6-5-17(32-23(36)11-7-12(25(29,30)31)9-14(28)8-11)19(20)21(33-24(22)37)15-10-13(27)3-4-16(15)26/h3-10,21H,2H2,1H3,(H,32,36)(H,33,37). The Morgan fingerprint density at radius 1 is 1.11 bits per heavy atom. The van der Waals surface area contributed by atoms with Gasteiger partial charge in [0, 0.05) is 39.3 Å². The van der Waals surface area contributed by atoms with Gasteiger partial charge < -0.3 is 10.6 Å². The summed E-state index contributed by atoms with van der Waals surface area (Å²) in [6.07, 6.45) is -4.87. The molecule has 1 aliphatic heterocycles. The average molecular weight is 535 g/mol. The number of aryl methyl sites for hydroxylation is 1. The highest BCUT2D eigenvalue weighted by Gasteiger charge is 2.36. The number of nitrogens with zero attached hydrogens (tertiary/aromatic N) is 2. The van der Waals surface area contributed by atoms with Crippen LogP contribution in [0.5, 0.6) is 0 Å². The van der Waals surface area contributed by atoms with Gasteiger partial charge in [-0.15, -0.1) is 0 Å². The van der Waals surface area contributed by atoms with Gasteiger partial charge in [0.2, 0.25) is 0 Å².